The predicted octanol–water partition coefficient (Wildman–Crippen LogP) is 4.30. The molecule has 10 heteroatoms. The van der Waals surface area contributed by atoms with Crippen molar-refractivity contribution in [1.82, 2.24) is 29.7 Å². The van der Waals surface area contributed by atoms with Crippen molar-refractivity contribution in [2.75, 3.05) is 31.2 Å². The number of halogens is 2. The van der Waals surface area contributed by atoms with Gasteiger partial charge >= 0.3 is 0 Å². The number of anilines is 1. The number of ether oxygens (including phenoxy) is 1. The smallest absolute Gasteiger partial charge is 0.166 e. The van der Waals surface area contributed by atoms with Crippen LogP contribution in [0.5, 0.6) is 0 Å². The number of imidazole rings is 1. The van der Waals surface area contributed by atoms with E-state index >= 15 is 4.39 Å². The summed E-state index contributed by atoms with van der Waals surface area (Å²) in [6.07, 6.45) is 3.16. The number of nitrogens with zero attached hydrogens (tertiary/aromatic N) is 6. The van der Waals surface area contributed by atoms with Gasteiger partial charge in [-0.05, 0) is 25.1 Å². The summed E-state index contributed by atoms with van der Waals surface area (Å²) in [7, 11) is 0. The molecule has 6 rings (SSSR count). The van der Waals surface area contributed by atoms with Gasteiger partial charge in [0.1, 0.15) is 17.7 Å². The standard InChI is InChI=1S/C23H19ClFN7O/c1-13-29-22-18(32(13)16-5-6-26-21-14(16)3-2-4-15(21)24)11-17(31-7-9-33-10-8-31)20(25)19(22)23-27-12-28-30-23/h2-6,11-12H,7-10H2,1H3,(H,27,28,30). The average molecular weight is 464 g/mol. The highest BCUT2D eigenvalue weighted by atomic mass is 35.5. The van der Waals surface area contributed by atoms with Gasteiger partial charge in [-0.15, -0.1) is 10.2 Å². The SMILES string of the molecule is Cc1nc2c(-c3nnc[nH]3)c(F)c(N3CCOCC3)cc2n1-c1ccnc2c(Cl)cccc12. The molecule has 166 valence electrons. The maximum Gasteiger partial charge on any atom is 0.166 e. The highest BCUT2D eigenvalue weighted by Crippen LogP contribution is 2.38. The Morgan fingerprint density at radius 1 is 1.12 bits per heavy atom. The third kappa shape index (κ3) is 3.15. The molecular weight excluding hydrogens is 445 g/mol. The van der Waals surface area contributed by atoms with Crippen molar-refractivity contribution in [1.29, 1.82) is 0 Å². The lowest BCUT2D eigenvalue weighted by Gasteiger charge is -2.29. The molecule has 4 heterocycles. The Bertz CT molecular complexity index is 1490. The number of morpholine rings is 1. The second-order valence-electron chi connectivity index (χ2n) is 7.85. The van der Waals surface area contributed by atoms with Gasteiger partial charge in [0.15, 0.2) is 11.6 Å². The van der Waals surface area contributed by atoms with Gasteiger partial charge < -0.3 is 14.6 Å². The van der Waals surface area contributed by atoms with Gasteiger partial charge in [-0.2, -0.15) is 0 Å². The van der Waals surface area contributed by atoms with E-state index in [1.165, 1.54) is 6.33 Å². The van der Waals surface area contributed by atoms with E-state index in [0.29, 0.717) is 65.3 Å². The minimum Gasteiger partial charge on any atom is -0.378 e. The first kappa shape index (κ1) is 20.1. The molecule has 1 fully saturated rings. The maximum absolute atomic E-state index is 16.0. The van der Waals surface area contributed by atoms with Crippen molar-refractivity contribution in [2.45, 2.75) is 6.92 Å². The first-order chi connectivity index (χ1) is 16.1. The third-order valence-corrected chi connectivity index (χ3v) is 6.29. The van der Waals surface area contributed by atoms with Crippen LogP contribution in [0.4, 0.5) is 10.1 Å². The molecule has 5 aromatic rings. The summed E-state index contributed by atoms with van der Waals surface area (Å²) in [5.74, 6) is 0.657. The second-order valence-corrected chi connectivity index (χ2v) is 8.26. The Kier molecular flexibility index (Phi) is 4.74. The molecule has 0 saturated carbocycles. The largest absolute Gasteiger partial charge is 0.378 e. The van der Waals surface area contributed by atoms with Gasteiger partial charge in [0.2, 0.25) is 0 Å². The van der Waals surface area contributed by atoms with E-state index in [9.17, 15) is 0 Å². The summed E-state index contributed by atoms with van der Waals surface area (Å²) in [4.78, 5) is 14.1. The molecule has 1 saturated heterocycles. The van der Waals surface area contributed by atoms with E-state index in [2.05, 4.69) is 20.2 Å². The molecule has 1 aliphatic rings. The lowest BCUT2D eigenvalue weighted by molar-refractivity contribution is 0.122. The van der Waals surface area contributed by atoms with Crippen LogP contribution in [0.1, 0.15) is 5.82 Å². The normalized spacial score (nSPS) is 14.5. The van der Waals surface area contributed by atoms with Crippen LogP contribution >= 0.6 is 11.6 Å². The highest BCUT2D eigenvalue weighted by Gasteiger charge is 2.26. The number of hydrogen-bond donors (Lipinski definition) is 1. The molecule has 1 N–H and O–H groups in total. The number of H-pyrrole nitrogens is 1. The van der Waals surface area contributed by atoms with E-state index in [1.54, 1.807) is 6.20 Å². The zero-order valence-electron chi connectivity index (χ0n) is 17.7. The number of para-hydroxylation sites is 1. The van der Waals surface area contributed by atoms with Crippen LogP contribution in [0.25, 0.3) is 39.0 Å². The summed E-state index contributed by atoms with van der Waals surface area (Å²) >= 11 is 6.41. The maximum atomic E-state index is 16.0. The quantitative estimate of drug-likeness (QED) is 0.429. The number of pyridine rings is 1. The van der Waals surface area contributed by atoms with Crippen molar-refractivity contribution in [3.63, 3.8) is 0 Å². The van der Waals surface area contributed by atoms with E-state index in [-0.39, 0.29) is 5.82 Å². The number of aromatic amines is 1. The van der Waals surface area contributed by atoms with Gasteiger partial charge in [0.05, 0.1) is 46.2 Å². The van der Waals surface area contributed by atoms with Crippen molar-refractivity contribution < 1.29 is 9.13 Å². The summed E-state index contributed by atoms with van der Waals surface area (Å²) in [6, 6.07) is 9.44. The number of fused-ring (bicyclic) bond motifs is 2. The summed E-state index contributed by atoms with van der Waals surface area (Å²) in [5.41, 5.74) is 3.61. The van der Waals surface area contributed by atoms with Crippen LogP contribution in [-0.2, 0) is 4.74 Å². The summed E-state index contributed by atoms with van der Waals surface area (Å²) in [6.45, 7) is 4.17. The molecule has 0 amide bonds. The van der Waals surface area contributed by atoms with Crippen molar-refractivity contribution in [2.24, 2.45) is 0 Å². The molecule has 0 bridgehead atoms. The lowest BCUT2D eigenvalue weighted by Crippen LogP contribution is -2.36. The number of benzene rings is 2. The van der Waals surface area contributed by atoms with Crippen LogP contribution in [0.3, 0.4) is 0 Å². The average Bonchev–Trinajstić information content (AvgIpc) is 3.47. The van der Waals surface area contributed by atoms with Crippen molar-refractivity contribution in [3.8, 4) is 17.1 Å². The van der Waals surface area contributed by atoms with Crippen LogP contribution < -0.4 is 4.90 Å². The molecule has 33 heavy (non-hydrogen) atoms. The summed E-state index contributed by atoms with van der Waals surface area (Å²) < 4.78 is 23.4. The Morgan fingerprint density at radius 2 is 1.97 bits per heavy atom. The fraction of sp³-hybridized carbons (Fsp3) is 0.217. The third-order valence-electron chi connectivity index (χ3n) is 5.98. The first-order valence-corrected chi connectivity index (χ1v) is 11.0. The fourth-order valence-electron chi connectivity index (χ4n) is 4.49. The Morgan fingerprint density at radius 3 is 2.76 bits per heavy atom. The number of rotatable bonds is 3. The molecule has 2 aromatic carbocycles. The van der Waals surface area contributed by atoms with Gasteiger partial charge in [0.25, 0.3) is 0 Å². The van der Waals surface area contributed by atoms with Crippen LogP contribution in [0.15, 0.2) is 42.9 Å². The second kappa shape index (κ2) is 7.79. The fourth-order valence-corrected chi connectivity index (χ4v) is 4.72. The van der Waals surface area contributed by atoms with Gasteiger partial charge in [-0.25, -0.2) is 9.37 Å². The molecule has 0 radical (unpaired) electrons. The Hall–Kier alpha value is -3.56. The van der Waals surface area contributed by atoms with Gasteiger partial charge in [-0.1, -0.05) is 23.7 Å². The van der Waals surface area contributed by atoms with Crippen molar-refractivity contribution >= 4 is 39.2 Å². The van der Waals surface area contributed by atoms with E-state index in [1.807, 2.05) is 46.7 Å². The van der Waals surface area contributed by atoms with E-state index in [0.717, 1.165) is 16.6 Å². The molecule has 8 nitrogen and oxygen atoms in total. The topological polar surface area (TPSA) is 84.8 Å². The zero-order chi connectivity index (χ0) is 22.5. The Balaban J connectivity index is 1.69. The van der Waals surface area contributed by atoms with E-state index < -0.39 is 0 Å². The number of aryl methyl sites for hydroxylation is 1. The van der Waals surface area contributed by atoms with Crippen LogP contribution in [-0.4, -0.2) is 56.0 Å². The number of hydrogen-bond acceptors (Lipinski definition) is 6. The minimum absolute atomic E-state index is 0.296. The van der Waals surface area contributed by atoms with Crippen LogP contribution in [0.2, 0.25) is 5.02 Å². The van der Waals surface area contributed by atoms with Crippen LogP contribution in [0, 0.1) is 12.7 Å². The number of aromatic nitrogens is 6. The van der Waals surface area contributed by atoms with Gasteiger partial charge in [0, 0.05) is 24.7 Å². The molecule has 0 spiro atoms. The molecular formula is C23H19ClFN7O. The monoisotopic (exact) mass is 463 g/mol. The molecule has 0 aliphatic carbocycles. The zero-order valence-corrected chi connectivity index (χ0v) is 18.5. The first-order valence-electron chi connectivity index (χ1n) is 10.6. The molecule has 0 unspecified atom stereocenters. The van der Waals surface area contributed by atoms with Crippen molar-refractivity contribution in [3.05, 3.63) is 59.5 Å². The molecule has 0 atom stereocenters. The highest BCUT2D eigenvalue weighted by molar-refractivity contribution is 6.35. The predicted molar refractivity (Wildman–Crippen MR) is 124 cm³/mol. The lowest BCUT2D eigenvalue weighted by atomic mass is 10.1. The van der Waals surface area contributed by atoms with E-state index in [4.69, 9.17) is 21.3 Å². The van der Waals surface area contributed by atoms with Gasteiger partial charge in [-0.3, -0.25) is 9.55 Å². The Labute approximate surface area is 193 Å². The number of nitrogens with one attached hydrogen (secondary N) is 1. The molecule has 1 aliphatic heterocycles. The molecule has 3 aromatic heterocycles. The minimum atomic E-state index is -0.381. The summed E-state index contributed by atoms with van der Waals surface area (Å²) in [5, 5.41) is 9.40.